The van der Waals surface area contributed by atoms with Crippen molar-refractivity contribution in [3.05, 3.63) is 12.2 Å². The lowest BCUT2D eigenvalue weighted by Crippen LogP contribution is -2.38. The summed E-state index contributed by atoms with van der Waals surface area (Å²) in [4.78, 5) is 0. The number of rotatable bonds is 9. The predicted molar refractivity (Wildman–Crippen MR) is 71.8 cm³/mol. The van der Waals surface area contributed by atoms with Crippen LogP contribution in [0.5, 0.6) is 0 Å². The Balaban J connectivity index is 4.37. The molecule has 0 saturated heterocycles. The van der Waals surface area contributed by atoms with Gasteiger partial charge in [-0.05, 0) is 25.1 Å². The summed E-state index contributed by atoms with van der Waals surface area (Å²) in [6, 6.07) is 3.96. The lowest BCUT2D eigenvalue weighted by molar-refractivity contribution is 0.328. The van der Waals surface area contributed by atoms with Gasteiger partial charge in [-0.15, -0.1) is 0 Å². The molecule has 2 heteroatoms. The summed E-state index contributed by atoms with van der Waals surface area (Å²) in [7, 11) is -1.42. The summed E-state index contributed by atoms with van der Waals surface area (Å²) in [5.41, 5.74) is 1.16. The SMILES string of the molecule is C=C(C)CO[Si](CCC)(CCC)CCC. The van der Waals surface area contributed by atoms with Crippen LogP contribution in [0.1, 0.15) is 47.0 Å². The number of hydrogen-bond donors (Lipinski definition) is 0. The summed E-state index contributed by atoms with van der Waals surface area (Å²) in [5, 5.41) is 0. The van der Waals surface area contributed by atoms with Crippen molar-refractivity contribution in [2.75, 3.05) is 6.61 Å². The van der Waals surface area contributed by atoms with Crippen LogP contribution in [-0.4, -0.2) is 14.9 Å². The van der Waals surface area contributed by atoms with Gasteiger partial charge in [-0.25, -0.2) is 0 Å². The van der Waals surface area contributed by atoms with Crippen molar-refractivity contribution in [3.63, 3.8) is 0 Å². The van der Waals surface area contributed by atoms with Crippen molar-refractivity contribution < 1.29 is 4.43 Å². The minimum Gasteiger partial charge on any atom is -0.413 e. The van der Waals surface area contributed by atoms with Gasteiger partial charge in [-0.3, -0.25) is 0 Å². The van der Waals surface area contributed by atoms with E-state index in [9.17, 15) is 0 Å². The van der Waals surface area contributed by atoms with Crippen LogP contribution < -0.4 is 0 Å². The van der Waals surface area contributed by atoms with Crippen molar-refractivity contribution in [1.82, 2.24) is 0 Å². The fourth-order valence-corrected chi connectivity index (χ4v) is 6.70. The van der Waals surface area contributed by atoms with Crippen LogP contribution in [0.15, 0.2) is 12.2 Å². The van der Waals surface area contributed by atoms with E-state index in [-0.39, 0.29) is 0 Å². The van der Waals surface area contributed by atoms with E-state index in [2.05, 4.69) is 34.3 Å². The van der Waals surface area contributed by atoms with Gasteiger partial charge in [0, 0.05) is 0 Å². The normalized spacial score (nSPS) is 11.7. The molecule has 0 spiro atoms. The molecule has 0 radical (unpaired) electrons. The quantitative estimate of drug-likeness (QED) is 0.408. The molecule has 1 nitrogen and oxygen atoms in total. The largest absolute Gasteiger partial charge is 0.413 e. The van der Waals surface area contributed by atoms with Crippen molar-refractivity contribution in [1.29, 1.82) is 0 Å². The van der Waals surface area contributed by atoms with Crippen LogP contribution in [0.4, 0.5) is 0 Å². The summed E-state index contributed by atoms with van der Waals surface area (Å²) >= 11 is 0. The molecule has 0 aromatic rings. The summed E-state index contributed by atoms with van der Waals surface area (Å²) in [5.74, 6) is 0. The first-order valence-corrected chi connectivity index (χ1v) is 8.91. The van der Waals surface area contributed by atoms with Gasteiger partial charge in [0.05, 0.1) is 6.61 Å². The molecule has 90 valence electrons. The molecular formula is C13H28OSi. The highest BCUT2D eigenvalue weighted by molar-refractivity contribution is 6.73. The van der Waals surface area contributed by atoms with Crippen LogP contribution in [0.3, 0.4) is 0 Å². The molecule has 15 heavy (non-hydrogen) atoms. The molecule has 0 heterocycles. The molecule has 0 aromatic carbocycles. The Morgan fingerprint density at radius 1 is 1.00 bits per heavy atom. The zero-order valence-electron chi connectivity index (χ0n) is 11.1. The minimum absolute atomic E-state index is 0.784. The first kappa shape index (κ1) is 14.9. The van der Waals surface area contributed by atoms with Crippen molar-refractivity contribution in [3.8, 4) is 0 Å². The van der Waals surface area contributed by atoms with Gasteiger partial charge in [0.15, 0.2) is 8.32 Å². The van der Waals surface area contributed by atoms with Crippen LogP contribution in [0.25, 0.3) is 0 Å². The molecule has 0 amide bonds. The van der Waals surface area contributed by atoms with E-state index in [1.54, 1.807) is 0 Å². The Morgan fingerprint density at radius 2 is 1.40 bits per heavy atom. The summed E-state index contributed by atoms with van der Waals surface area (Å²) < 4.78 is 6.25. The second-order valence-corrected chi connectivity index (χ2v) is 8.83. The maximum Gasteiger partial charge on any atom is 0.193 e. The molecule has 0 aliphatic heterocycles. The second kappa shape index (κ2) is 8.11. The van der Waals surface area contributed by atoms with Gasteiger partial charge in [0.2, 0.25) is 0 Å². The molecule has 0 aliphatic carbocycles. The van der Waals surface area contributed by atoms with Gasteiger partial charge in [0.25, 0.3) is 0 Å². The van der Waals surface area contributed by atoms with Crippen molar-refractivity contribution >= 4 is 8.32 Å². The lowest BCUT2D eigenvalue weighted by Gasteiger charge is -2.31. The molecule has 0 saturated carbocycles. The Morgan fingerprint density at radius 3 is 1.67 bits per heavy atom. The minimum atomic E-state index is -1.42. The maximum atomic E-state index is 6.25. The molecule has 0 aromatic heterocycles. The van der Waals surface area contributed by atoms with Gasteiger partial charge < -0.3 is 4.43 Å². The van der Waals surface area contributed by atoms with E-state index in [0.29, 0.717) is 0 Å². The highest BCUT2D eigenvalue weighted by Crippen LogP contribution is 2.27. The van der Waals surface area contributed by atoms with E-state index in [1.807, 2.05) is 0 Å². The molecule has 0 aliphatic rings. The highest BCUT2D eigenvalue weighted by Gasteiger charge is 2.31. The molecular weight excluding hydrogens is 200 g/mol. The third-order valence-corrected chi connectivity index (χ3v) is 7.73. The Kier molecular flexibility index (Phi) is 8.07. The Hall–Kier alpha value is -0.0831. The zero-order valence-corrected chi connectivity index (χ0v) is 12.1. The smallest absolute Gasteiger partial charge is 0.193 e. The second-order valence-electron chi connectivity index (χ2n) is 4.68. The van der Waals surface area contributed by atoms with Gasteiger partial charge in [0.1, 0.15) is 0 Å². The highest BCUT2D eigenvalue weighted by atomic mass is 28.4. The first-order valence-electron chi connectivity index (χ1n) is 6.38. The average Bonchev–Trinajstić information content (AvgIpc) is 2.16. The predicted octanol–water partition coefficient (Wildman–Crippen LogP) is 4.75. The molecule has 0 unspecified atom stereocenters. The van der Waals surface area contributed by atoms with Crippen LogP contribution >= 0.6 is 0 Å². The fourth-order valence-electron chi connectivity index (χ4n) is 2.23. The summed E-state index contributed by atoms with van der Waals surface area (Å²) in [6.45, 7) is 13.6. The lowest BCUT2D eigenvalue weighted by atomic mass is 10.4. The first-order chi connectivity index (χ1) is 7.10. The van der Waals surface area contributed by atoms with Crippen molar-refractivity contribution in [2.45, 2.75) is 65.1 Å². The summed E-state index contributed by atoms with van der Waals surface area (Å²) in [6.07, 6.45) is 3.80. The average molecular weight is 228 g/mol. The Bertz CT molecular complexity index is 160. The zero-order chi connectivity index (χ0) is 11.7. The monoisotopic (exact) mass is 228 g/mol. The van der Waals surface area contributed by atoms with Gasteiger partial charge in [-0.2, -0.15) is 0 Å². The van der Waals surface area contributed by atoms with E-state index >= 15 is 0 Å². The third kappa shape index (κ3) is 6.16. The molecule has 0 atom stereocenters. The molecule has 0 N–H and O–H groups in total. The third-order valence-electron chi connectivity index (χ3n) is 2.74. The Labute approximate surface area is 97.0 Å². The standard InChI is InChI=1S/C13H28OSi/c1-6-9-15(10-7-2,11-8-3)14-12-13(4)5/h4,6-12H2,1-3,5H3. The van der Waals surface area contributed by atoms with Crippen LogP contribution in [0, 0.1) is 0 Å². The number of hydrogen-bond acceptors (Lipinski definition) is 1. The topological polar surface area (TPSA) is 9.23 Å². The van der Waals surface area contributed by atoms with E-state index in [4.69, 9.17) is 4.43 Å². The molecule has 0 fully saturated rings. The maximum absolute atomic E-state index is 6.25. The van der Waals surface area contributed by atoms with E-state index in [1.165, 1.54) is 37.4 Å². The molecule has 0 rings (SSSR count). The molecule has 0 bridgehead atoms. The fraction of sp³-hybridized carbons (Fsp3) is 0.846. The van der Waals surface area contributed by atoms with Crippen molar-refractivity contribution in [2.24, 2.45) is 0 Å². The van der Waals surface area contributed by atoms with E-state index in [0.717, 1.165) is 12.2 Å². The van der Waals surface area contributed by atoms with Gasteiger partial charge in [-0.1, -0.05) is 52.2 Å². The van der Waals surface area contributed by atoms with Crippen LogP contribution in [0.2, 0.25) is 18.1 Å². The van der Waals surface area contributed by atoms with Gasteiger partial charge >= 0.3 is 0 Å². The van der Waals surface area contributed by atoms with E-state index < -0.39 is 8.32 Å². The van der Waals surface area contributed by atoms with Crippen LogP contribution in [-0.2, 0) is 4.43 Å².